The summed E-state index contributed by atoms with van der Waals surface area (Å²) < 4.78 is 10.3. The molecule has 0 aliphatic heterocycles. The van der Waals surface area contributed by atoms with Crippen molar-refractivity contribution in [3.63, 3.8) is 0 Å². The first-order chi connectivity index (χ1) is 7.72. The molecule has 0 radical (unpaired) electrons. The lowest BCUT2D eigenvalue weighted by Gasteiger charge is -2.01. The number of carbonyl (C=O) groups excluding carboxylic acids is 1. The van der Waals surface area contributed by atoms with Crippen LogP contribution in [0.25, 0.3) is 11.3 Å². The van der Waals surface area contributed by atoms with Crippen molar-refractivity contribution in [1.29, 1.82) is 0 Å². The van der Waals surface area contributed by atoms with Gasteiger partial charge in [-0.25, -0.2) is 4.98 Å². The van der Waals surface area contributed by atoms with Crippen molar-refractivity contribution >= 4 is 5.78 Å². The molecule has 0 saturated heterocycles. The van der Waals surface area contributed by atoms with Crippen LogP contribution in [0.3, 0.4) is 0 Å². The van der Waals surface area contributed by atoms with Crippen LogP contribution >= 0.6 is 0 Å². The fourth-order valence-electron chi connectivity index (χ4n) is 1.44. The van der Waals surface area contributed by atoms with Crippen LogP contribution in [0.2, 0.25) is 0 Å². The maximum absolute atomic E-state index is 11.3. The Bertz CT molecular complexity index is 499. The summed E-state index contributed by atoms with van der Waals surface area (Å²) in [6.45, 7) is 1.46. The van der Waals surface area contributed by atoms with Crippen molar-refractivity contribution in [3.8, 4) is 17.1 Å². The first kappa shape index (κ1) is 10.4. The highest BCUT2D eigenvalue weighted by Gasteiger charge is 2.14. The van der Waals surface area contributed by atoms with E-state index in [1.54, 1.807) is 7.11 Å². The molecule has 16 heavy (non-hydrogen) atoms. The van der Waals surface area contributed by atoms with E-state index in [9.17, 15) is 4.79 Å². The van der Waals surface area contributed by atoms with Gasteiger partial charge in [-0.2, -0.15) is 0 Å². The van der Waals surface area contributed by atoms with Gasteiger partial charge in [0.1, 0.15) is 5.75 Å². The molecule has 1 heterocycles. The van der Waals surface area contributed by atoms with Gasteiger partial charge in [-0.15, -0.1) is 0 Å². The Labute approximate surface area is 92.9 Å². The fourth-order valence-corrected chi connectivity index (χ4v) is 1.44. The van der Waals surface area contributed by atoms with Gasteiger partial charge in [0.2, 0.25) is 0 Å². The number of nitrogens with zero attached hydrogens (tertiary/aromatic N) is 1. The molecule has 4 heteroatoms. The number of rotatable bonds is 3. The quantitative estimate of drug-likeness (QED) is 0.741. The molecule has 0 fully saturated rings. The Hall–Kier alpha value is -2.10. The average Bonchev–Trinajstić information content (AvgIpc) is 2.78. The SMILES string of the molecule is COc1ccc(-c2ocnc2C(C)=O)cc1. The van der Waals surface area contributed by atoms with Crippen LogP contribution in [0.4, 0.5) is 0 Å². The summed E-state index contributed by atoms with van der Waals surface area (Å²) in [4.78, 5) is 15.2. The van der Waals surface area contributed by atoms with Gasteiger partial charge >= 0.3 is 0 Å². The molecule has 4 nitrogen and oxygen atoms in total. The van der Waals surface area contributed by atoms with E-state index in [1.807, 2.05) is 24.3 Å². The van der Waals surface area contributed by atoms with E-state index in [0.717, 1.165) is 11.3 Å². The van der Waals surface area contributed by atoms with E-state index in [1.165, 1.54) is 13.3 Å². The topological polar surface area (TPSA) is 52.3 Å². The molecule has 1 aromatic carbocycles. The lowest BCUT2D eigenvalue weighted by Crippen LogP contribution is -1.94. The second-order valence-electron chi connectivity index (χ2n) is 3.31. The molecule has 0 bridgehead atoms. The maximum atomic E-state index is 11.3. The van der Waals surface area contributed by atoms with Crippen molar-refractivity contribution in [1.82, 2.24) is 4.98 Å². The van der Waals surface area contributed by atoms with E-state index >= 15 is 0 Å². The van der Waals surface area contributed by atoms with Crippen molar-refractivity contribution in [2.45, 2.75) is 6.92 Å². The van der Waals surface area contributed by atoms with Gasteiger partial charge in [0, 0.05) is 12.5 Å². The van der Waals surface area contributed by atoms with Crippen LogP contribution in [-0.4, -0.2) is 17.9 Å². The third kappa shape index (κ3) is 1.82. The average molecular weight is 217 g/mol. The minimum absolute atomic E-state index is 0.112. The maximum Gasteiger partial charge on any atom is 0.182 e. The lowest BCUT2D eigenvalue weighted by molar-refractivity contribution is 0.101. The van der Waals surface area contributed by atoms with Crippen LogP contribution < -0.4 is 4.74 Å². The van der Waals surface area contributed by atoms with E-state index in [-0.39, 0.29) is 5.78 Å². The number of benzene rings is 1. The van der Waals surface area contributed by atoms with Crippen molar-refractivity contribution < 1.29 is 13.9 Å². The summed E-state index contributed by atoms with van der Waals surface area (Å²) in [5.74, 6) is 1.14. The van der Waals surface area contributed by atoms with E-state index in [4.69, 9.17) is 9.15 Å². The van der Waals surface area contributed by atoms with Crippen molar-refractivity contribution in [2.24, 2.45) is 0 Å². The smallest absolute Gasteiger partial charge is 0.182 e. The molecule has 0 aliphatic carbocycles. The van der Waals surface area contributed by atoms with Crippen molar-refractivity contribution in [2.75, 3.05) is 7.11 Å². The number of aromatic nitrogens is 1. The molecule has 2 aromatic rings. The van der Waals surface area contributed by atoms with Crippen LogP contribution in [0.5, 0.6) is 5.75 Å². The minimum atomic E-state index is -0.112. The fraction of sp³-hybridized carbons (Fsp3) is 0.167. The van der Waals surface area contributed by atoms with E-state index in [0.29, 0.717) is 11.5 Å². The van der Waals surface area contributed by atoms with Gasteiger partial charge in [0.05, 0.1) is 7.11 Å². The molecular weight excluding hydrogens is 206 g/mol. The van der Waals surface area contributed by atoms with Crippen LogP contribution in [0.15, 0.2) is 35.1 Å². The van der Waals surface area contributed by atoms with Gasteiger partial charge in [-0.3, -0.25) is 4.79 Å². The highest BCUT2D eigenvalue weighted by Crippen LogP contribution is 2.25. The molecule has 2 rings (SSSR count). The Morgan fingerprint density at radius 1 is 1.31 bits per heavy atom. The lowest BCUT2D eigenvalue weighted by atomic mass is 10.1. The number of oxazole rings is 1. The zero-order valence-corrected chi connectivity index (χ0v) is 9.06. The number of Topliss-reactive ketones (excluding diaryl/α,β-unsaturated/α-hetero) is 1. The second-order valence-corrected chi connectivity index (χ2v) is 3.31. The van der Waals surface area contributed by atoms with Crippen LogP contribution in [0.1, 0.15) is 17.4 Å². The second kappa shape index (κ2) is 4.18. The highest BCUT2D eigenvalue weighted by molar-refractivity contribution is 5.97. The molecule has 0 N–H and O–H groups in total. The Morgan fingerprint density at radius 2 is 2.00 bits per heavy atom. The number of methoxy groups -OCH3 is 1. The van der Waals surface area contributed by atoms with Crippen LogP contribution in [-0.2, 0) is 0 Å². The zero-order valence-electron chi connectivity index (χ0n) is 9.06. The molecule has 0 amide bonds. The van der Waals surface area contributed by atoms with Crippen LogP contribution in [0, 0.1) is 0 Å². The summed E-state index contributed by atoms with van der Waals surface area (Å²) in [6, 6.07) is 7.26. The molecule has 1 aromatic heterocycles. The normalized spacial score (nSPS) is 10.1. The third-order valence-electron chi connectivity index (χ3n) is 2.25. The van der Waals surface area contributed by atoms with E-state index < -0.39 is 0 Å². The summed E-state index contributed by atoms with van der Waals surface area (Å²) in [5, 5.41) is 0. The van der Waals surface area contributed by atoms with Gasteiger partial charge < -0.3 is 9.15 Å². The summed E-state index contributed by atoms with van der Waals surface area (Å²) in [5.41, 5.74) is 1.16. The Kier molecular flexibility index (Phi) is 2.72. The molecular formula is C12H11NO3. The van der Waals surface area contributed by atoms with Gasteiger partial charge in [0.15, 0.2) is 23.6 Å². The predicted molar refractivity (Wildman–Crippen MR) is 58.5 cm³/mol. The number of ether oxygens (including phenoxy) is 1. The third-order valence-corrected chi connectivity index (χ3v) is 2.25. The molecule has 0 saturated carbocycles. The molecule has 0 spiro atoms. The Morgan fingerprint density at radius 3 is 2.56 bits per heavy atom. The number of ketones is 1. The number of hydrogen-bond acceptors (Lipinski definition) is 4. The van der Waals surface area contributed by atoms with Gasteiger partial charge in [-0.05, 0) is 24.3 Å². The predicted octanol–water partition coefficient (Wildman–Crippen LogP) is 2.55. The van der Waals surface area contributed by atoms with E-state index in [2.05, 4.69) is 4.98 Å². The number of carbonyl (C=O) groups is 1. The first-order valence-corrected chi connectivity index (χ1v) is 4.81. The molecule has 0 unspecified atom stereocenters. The highest BCUT2D eigenvalue weighted by atomic mass is 16.5. The molecule has 0 atom stereocenters. The molecule has 82 valence electrons. The summed E-state index contributed by atoms with van der Waals surface area (Å²) in [7, 11) is 1.60. The number of hydrogen-bond donors (Lipinski definition) is 0. The monoisotopic (exact) mass is 217 g/mol. The minimum Gasteiger partial charge on any atom is -0.497 e. The zero-order chi connectivity index (χ0) is 11.5. The van der Waals surface area contributed by atoms with Gasteiger partial charge in [0.25, 0.3) is 0 Å². The Balaban J connectivity index is 2.42. The largest absolute Gasteiger partial charge is 0.497 e. The van der Waals surface area contributed by atoms with Gasteiger partial charge in [-0.1, -0.05) is 0 Å². The molecule has 0 aliphatic rings. The summed E-state index contributed by atoms with van der Waals surface area (Å²) in [6.07, 6.45) is 1.27. The van der Waals surface area contributed by atoms with Crippen molar-refractivity contribution in [3.05, 3.63) is 36.4 Å². The first-order valence-electron chi connectivity index (χ1n) is 4.81. The summed E-state index contributed by atoms with van der Waals surface area (Å²) >= 11 is 0. The standard InChI is InChI=1S/C12H11NO3/c1-8(14)11-12(16-7-13-11)9-3-5-10(15-2)6-4-9/h3-7H,1-2H3.